The topological polar surface area (TPSA) is 63.3 Å². The van der Waals surface area contributed by atoms with Gasteiger partial charge in [0.15, 0.2) is 0 Å². The lowest BCUT2D eigenvalue weighted by Gasteiger charge is -2.22. The number of carbonyl (C=O) groups is 1. The van der Waals surface area contributed by atoms with Gasteiger partial charge < -0.3 is 10.8 Å². The number of hydrogen-bond donors (Lipinski definition) is 2. The van der Waals surface area contributed by atoms with Crippen LogP contribution in [0.1, 0.15) is 31.7 Å². The summed E-state index contributed by atoms with van der Waals surface area (Å²) in [6.45, 7) is 1.82. The number of carboxylic acids is 1. The molecule has 100 valence electrons. The van der Waals surface area contributed by atoms with Gasteiger partial charge in [-0.15, -0.1) is 0 Å². The lowest BCUT2D eigenvalue weighted by molar-refractivity contribution is -0.143. The van der Waals surface area contributed by atoms with Crippen LogP contribution in [0.5, 0.6) is 0 Å². The molecule has 3 nitrogen and oxygen atoms in total. The predicted octanol–water partition coefficient (Wildman–Crippen LogP) is 2.89. The minimum absolute atomic E-state index is 0.478. The molecule has 0 saturated carbocycles. The van der Waals surface area contributed by atoms with E-state index in [2.05, 4.69) is 12.1 Å². The van der Waals surface area contributed by atoms with E-state index in [0.717, 1.165) is 17.9 Å². The Bertz CT molecular complexity index is 369. The molecular formula is C14H21NO2S. The molecule has 1 atom stereocenters. The van der Waals surface area contributed by atoms with Gasteiger partial charge in [-0.25, -0.2) is 0 Å². The van der Waals surface area contributed by atoms with E-state index in [1.165, 1.54) is 5.56 Å². The molecule has 0 saturated heterocycles. The Labute approximate surface area is 113 Å². The van der Waals surface area contributed by atoms with Crippen LogP contribution in [0.4, 0.5) is 0 Å². The second kappa shape index (κ2) is 7.44. The first-order chi connectivity index (χ1) is 8.58. The number of hydrogen-bond acceptors (Lipinski definition) is 3. The lowest BCUT2D eigenvalue weighted by Crippen LogP contribution is -2.47. The van der Waals surface area contributed by atoms with Gasteiger partial charge in [0.1, 0.15) is 5.54 Å². The molecule has 0 spiro atoms. The number of aliphatic carboxylic acids is 1. The number of carboxylic acid groups (broad SMARTS) is 1. The van der Waals surface area contributed by atoms with E-state index in [0.29, 0.717) is 12.8 Å². The molecule has 1 aromatic carbocycles. The summed E-state index contributed by atoms with van der Waals surface area (Å²) in [4.78, 5) is 11.0. The second-order valence-corrected chi connectivity index (χ2v) is 5.56. The molecule has 0 heterocycles. The summed E-state index contributed by atoms with van der Waals surface area (Å²) in [6.07, 6.45) is 1.86. The van der Waals surface area contributed by atoms with Crippen molar-refractivity contribution in [3.05, 3.63) is 35.9 Å². The smallest absolute Gasteiger partial charge is 0.323 e. The van der Waals surface area contributed by atoms with Crippen LogP contribution in [0.15, 0.2) is 30.3 Å². The van der Waals surface area contributed by atoms with Crippen molar-refractivity contribution in [1.82, 2.24) is 0 Å². The molecule has 3 N–H and O–H groups in total. The molecule has 0 aliphatic rings. The average Bonchev–Trinajstić information content (AvgIpc) is 2.39. The maximum Gasteiger partial charge on any atom is 0.323 e. The van der Waals surface area contributed by atoms with Gasteiger partial charge in [-0.2, -0.15) is 11.8 Å². The summed E-state index contributed by atoms with van der Waals surface area (Å²) in [6, 6.07) is 10.3. The van der Waals surface area contributed by atoms with Gasteiger partial charge >= 0.3 is 5.97 Å². The summed E-state index contributed by atoms with van der Waals surface area (Å²) in [5.74, 6) is 1.02. The summed E-state index contributed by atoms with van der Waals surface area (Å²) in [5, 5.41) is 9.04. The van der Waals surface area contributed by atoms with Crippen molar-refractivity contribution in [1.29, 1.82) is 0 Å². The number of thioether (sulfide) groups is 1. The molecular weight excluding hydrogens is 246 g/mol. The first kappa shape index (κ1) is 15.1. The highest BCUT2D eigenvalue weighted by Crippen LogP contribution is 2.18. The Balaban J connectivity index is 2.21. The minimum atomic E-state index is -1.05. The van der Waals surface area contributed by atoms with E-state index in [1.807, 2.05) is 36.9 Å². The number of nitrogens with two attached hydrogens (primary N) is 1. The second-order valence-electron chi connectivity index (χ2n) is 4.46. The van der Waals surface area contributed by atoms with Crippen LogP contribution in [0, 0.1) is 0 Å². The van der Waals surface area contributed by atoms with E-state index in [1.54, 1.807) is 0 Å². The summed E-state index contributed by atoms with van der Waals surface area (Å²) in [5.41, 5.74) is 6.08. The van der Waals surface area contributed by atoms with Crippen molar-refractivity contribution in [2.45, 2.75) is 37.5 Å². The van der Waals surface area contributed by atoms with Crippen molar-refractivity contribution in [3.8, 4) is 0 Å². The van der Waals surface area contributed by atoms with E-state index in [9.17, 15) is 4.79 Å². The molecule has 0 radical (unpaired) electrons. The van der Waals surface area contributed by atoms with Gasteiger partial charge in [-0.05, 0) is 30.6 Å². The monoisotopic (exact) mass is 267 g/mol. The summed E-state index contributed by atoms with van der Waals surface area (Å²) >= 11 is 1.82. The van der Waals surface area contributed by atoms with Gasteiger partial charge in [-0.1, -0.05) is 37.3 Å². The minimum Gasteiger partial charge on any atom is -0.480 e. The fourth-order valence-electron chi connectivity index (χ4n) is 1.69. The van der Waals surface area contributed by atoms with Crippen LogP contribution < -0.4 is 5.73 Å². The van der Waals surface area contributed by atoms with Gasteiger partial charge in [0.05, 0.1) is 0 Å². The van der Waals surface area contributed by atoms with Gasteiger partial charge in [0.2, 0.25) is 0 Å². The fourth-order valence-corrected chi connectivity index (χ4v) is 2.61. The third kappa shape index (κ3) is 4.70. The zero-order valence-electron chi connectivity index (χ0n) is 10.8. The zero-order valence-corrected chi connectivity index (χ0v) is 11.6. The van der Waals surface area contributed by atoms with E-state index < -0.39 is 11.5 Å². The molecule has 0 bridgehead atoms. The van der Waals surface area contributed by atoms with Crippen LogP contribution in [0.25, 0.3) is 0 Å². The van der Waals surface area contributed by atoms with Crippen LogP contribution in [-0.4, -0.2) is 22.4 Å². The summed E-state index contributed by atoms with van der Waals surface area (Å²) < 4.78 is 0. The number of rotatable bonds is 8. The van der Waals surface area contributed by atoms with Crippen molar-refractivity contribution >= 4 is 17.7 Å². The molecule has 0 aromatic heterocycles. The maximum atomic E-state index is 11.0. The Morgan fingerprint density at radius 3 is 2.61 bits per heavy atom. The van der Waals surface area contributed by atoms with Gasteiger partial charge in [0, 0.05) is 5.75 Å². The maximum absolute atomic E-state index is 11.0. The van der Waals surface area contributed by atoms with Crippen molar-refractivity contribution in [2.75, 3.05) is 5.75 Å². The first-order valence-electron chi connectivity index (χ1n) is 6.22. The van der Waals surface area contributed by atoms with Crippen LogP contribution in [0.2, 0.25) is 0 Å². The average molecular weight is 267 g/mol. The highest BCUT2D eigenvalue weighted by Gasteiger charge is 2.30. The van der Waals surface area contributed by atoms with Crippen molar-refractivity contribution in [3.63, 3.8) is 0 Å². The largest absolute Gasteiger partial charge is 0.480 e. The number of benzene rings is 1. The zero-order chi connectivity index (χ0) is 13.4. The molecule has 18 heavy (non-hydrogen) atoms. The fraction of sp³-hybridized carbons (Fsp3) is 0.500. The van der Waals surface area contributed by atoms with E-state index >= 15 is 0 Å². The van der Waals surface area contributed by atoms with Crippen LogP contribution >= 0.6 is 11.8 Å². The molecule has 4 heteroatoms. The molecule has 0 aliphatic heterocycles. The molecule has 0 amide bonds. The molecule has 0 fully saturated rings. The first-order valence-corrected chi connectivity index (χ1v) is 7.38. The van der Waals surface area contributed by atoms with Crippen LogP contribution in [-0.2, 0) is 10.5 Å². The third-order valence-corrected chi connectivity index (χ3v) is 4.19. The van der Waals surface area contributed by atoms with Gasteiger partial charge in [0.25, 0.3) is 0 Å². The Kier molecular flexibility index (Phi) is 6.22. The standard InChI is InChI=1S/C14H21NO2S/c1-2-14(15,13(16)17)9-6-10-18-11-12-7-4-3-5-8-12/h3-5,7-8H,2,6,9-11,15H2,1H3,(H,16,17). The quantitative estimate of drug-likeness (QED) is 0.711. The SMILES string of the molecule is CCC(N)(CCCSCc1ccccc1)C(=O)O. The van der Waals surface area contributed by atoms with Crippen molar-refractivity contribution < 1.29 is 9.90 Å². The lowest BCUT2D eigenvalue weighted by atomic mass is 9.92. The summed E-state index contributed by atoms with van der Waals surface area (Å²) in [7, 11) is 0. The van der Waals surface area contributed by atoms with Gasteiger partial charge in [-0.3, -0.25) is 4.79 Å². The molecule has 1 aromatic rings. The highest BCUT2D eigenvalue weighted by atomic mass is 32.2. The molecule has 1 rings (SSSR count). The van der Waals surface area contributed by atoms with E-state index in [-0.39, 0.29) is 0 Å². The highest BCUT2D eigenvalue weighted by molar-refractivity contribution is 7.98. The Morgan fingerprint density at radius 2 is 2.06 bits per heavy atom. The molecule has 0 aliphatic carbocycles. The molecule has 1 unspecified atom stereocenters. The van der Waals surface area contributed by atoms with Crippen LogP contribution in [0.3, 0.4) is 0 Å². The third-order valence-electron chi connectivity index (χ3n) is 3.08. The predicted molar refractivity (Wildman–Crippen MR) is 76.7 cm³/mol. The normalized spacial score (nSPS) is 14.1. The van der Waals surface area contributed by atoms with Crippen molar-refractivity contribution in [2.24, 2.45) is 5.73 Å². The van der Waals surface area contributed by atoms with E-state index in [4.69, 9.17) is 10.8 Å². The Morgan fingerprint density at radius 1 is 1.39 bits per heavy atom. The Hall–Kier alpha value is -1.00.